The Bertz CT molecular complexity index is 289. The summed E-state index contributed by atoms with van der Waals surface area (Å²) in [5, 5.41) is 0. The van der Waals surface area contributed by atoms with E-state index >= 15 is 0 Å². The van der Waals surface area contributed by atoms with Crippen LogP contribution in [0.2, 0.25) is 0 Å². The molecule has 0 bridgehead atoms. The first-order valence-electron chi connectivity index (χ1n) is 5.54. The summed E-state index contributed by atoms with van der Waals surface area (Å²) in [6.45, 7) is 5.62. The van der Waals surface area contributed by atoms with Crippen molar-refractivity contribution >= 4 is 0 Å². The van der Waals surface area contributed by atoms with Gasteiger partial charge >= 0.3 is 0 Å². The molecule has 0 radical (unpaired) electrons. The van der Waals surface area contributed by atoms with Gasteiger partial charge in [0.05, 0.1) is 12.3 Å². The maximum Gasteiger partial charge on any atom is 0.122 e. The molecule has 2 N–H and O–H groups in total. The zero-order valence-corrected chi connectivity index (χ0v) is 9.57. The van der Waals surface area contributed by atoms with E-state index in [4.69, 9.17) is 10.5 Å². The molecule has 0 aliphatic heterocycles. The number of nitrogens with zero attached hydrogens (tertiary/aromatic N) is 1. The number of hydrogen-bond donors (Lipinski definition) is 1. The Kier molecular flexibility index (Phi) is 5.12. The third kappa shape index (κ3) is 4.30. The van der Waals surface area contributed by atoms with Crippen LogP contribution in [-0.4, -0.2) is 11.6 Å². The van der Waals surface area contributed by atoms with Gasteiger partial charge in [-0.3, -0.25) is 4.98 Å². The van der Waals surface area contributed by atoms with Gasteiger partial charge in [0.25, 0.3) is 0 Å². The Labute approximate surface area is 91.7 Å². The number of nitrogens with two attached hydrogens (primary N) is 1. The SMILES string of the molecule is CCCC(C)COc1ccnc(CN)c1. The minimum absolute atomic E-state index is 0.460. The fourth-order valence-corrected chi connectivity index (χ4v) is 1.47. The van der Waals surface area contributed by atoms with E-state index in [1.165, 1.54) is 12.8 Å². The Balaban J connectivity index is 2.43. The summed E-state index contributed by atoms with van der Waals surface area (Å²) in [6.07, 6.45) is 4.14. The van der Waals surface area contributed by atoms with Crippen LogP contribution in [0.25, 0.3) is 0 Å². The third-order valence-corrected chi connectivity index (χ3v) is 2.31. The van der Waals surface area contributed by atoms with Gasteiger partial charge in [-0.1, -0.05) is 20.3 Å². The minimum atomic E-state index is 0.460. The highest BCUT2D eigenvalue weighted by molar-refractivity contribution is 5.22. The summed E-state index contributed by atoms with van der Waals surface area (Å²) in [4.78, 5) is 4.12. The first kappa shape index (κ1) is 12.0. The van der Waals surface area contributed by atoms with E-state index in [1.807, 2.05) is 12.1 Å². The molecule has 0 fully saturated rings. The number of rotatable bonds is 6. The molecule has 1 atom stereocenters. The summed E-state index contributed by atoms with van der Waals surface area (Å²) in [5.41, 5.74) is 6.38. The first-order chi connectivity index (χ1) is 7.26. The van der Waals surface area contributed by atoms with Crippen LogP contribution in [0.3, 0.4) is 0 Å². The minimum Gasteiger partial charge on any atom is -0.493 e. The van der Waals surface area contributed by atoms with Crippen LogP contribution >= 0.6 is 0 Å². The molecule has 0 aromatic carbocycles. The second kappa shape index (κ2) is 6.40. The van der Waals surface area contributed by atoms with Crippen molar-refractivity contribution in [3.63, 3.8) is 0 Å². The smallest absolute Gasteiger partial charge is 0.122 e. The Hall–Kier alpha value is -1.09. The standard InChI is InChI=1S/C12H20N2O/c1-3-4-10(2)9-15-12-5-6-14-11(7-12)8-13/h5-7,10H,3-4,8-9,13H2,1-2H3. The normalized spacial score (nSPS) is 12.5. The van der Waals surface area contributed by atoms with Gasteiger partial charge in [0.15, 0.2) is 0 Å². The molecule has 1 aromatic heterocycles. The van der Waals surface area contributed by atoms with Gasteiger partial charge in [-0.25, -0.2) is 0 Å². The van der Waals surface area contributed by atoms with Crippen molar-refractivity contribution < 1.29 is 4.74 Å². The Morgan fingerprint density at radius 3 is 3.00 bits per heavy atom. The summed E-state index contributed by atoms with van der Waals surface area (Å²) in [6, 6.07) is 3.77. The second-order valence-corrected chi connectivity index (χ2v) is 3.89. The van der Waals surface area contributed by atoms with E-state index in [-0.39, 0.29) is 0 Å². The molecule has 0 spiro atoms. The predicted octanol–water partition coefficient (Wildman–Crippen LogP) is 2.36. The van der Waals surface area contributed by atoms with Crippen LogP contribution in [0, 0.1) is 5.92 Å². The molecule has 1 rings (SSSR count). The van der Waals surface area contributed by atoms with Crippen LogP contribution in [0.1, 0.15) is 32.4 Å². The van der Waals surface area contributed by atoms with Crippen molar-refractivity contribution in [3.8, 4) is 5.75 Å². The summed E-state index contributed by atoms with van der Waals surface area (Å²) in [5.74, 6) is 1.47. The van der Waals surface area contributed by atoms with Gasteiger partial charge in [0.2, 0.25) is 0 Å². The van der Waals surface area contributed by atoms with E-state index < -0.39 is 0 Å². The number of pyridine rings is 1. The lowest BCUT2D eigenvalue weighted by Crippen LogP contribution is -2.08. The highest BCUT2D eigenvalue weighted by Gasteiger charge is 2.02. The molecule has 1 aromatic rings. The van der Waals surface area contributed by atoms with E-state index in [9.17, 15) is 0 Å². The van der Waals surface area contributed by atoms with E-state index in [2.05, 4.69) is 18.8 Å². The third-order valence-electron chi connectivity index (χ3n) is 2.31. The maximum atomic E-state index is 5.67. The zero-order valence-electron chi connectivity index (χ0n) is 9.57. The lowest BCUT2D eigenvalue weighted by Gasteiger charge is -2.12. The first-order valence-corrected chi connectivity index (χ1v) is 5.54. The quantitative estimate of drug-likeness (QED) is 0.780. The summed E-state index contributed by atoms with van der Waals surface area (Å²) < 4.78 is 5.67. The zero-order chi connectivity index (χ0) is 11.1. The van der Waals surface area contributed by atoms with Crippen LogP contribution in [0.5, 0.6) is 5.75 Å². The molecule has 0 saturated carbocycles. The molecule has 3 nitrogen and oxygen atoms in total. The molecule has 0 amide bonds. The van der Waals surface area contributed by atoms with Gasteiger partial charge in [0.1, 0.15) is 5.75 Å². The van der Waals surface area contributed by atoms with Crippen molar-refractivity contribution in [3.05, 3.63) is 24.0 Å². The lowest BCUT2D eigenvalue weighted by molar-refractivity contribution is 0.251. The molecular formula is C12H20N2O. The monoisotopic (exact) mass is 208 g/mol. The Morgan fingerprint density at radius 2 is 2.33 bits per heavy atom. The van der Waals surface area contributed by atoms with Gasteiger partial charge in [0, 0.05) is 18.8 Å². The Morgan fingerprint density at radius 1 is 1.53 bits per heavy atom. The summed E-state index contributed by atoms with van der Waals surface area (Å²) in [7, 11) is 0. The van der Waals surface area contributed by atoms with Crippen LogP contribution < -0.4 is 10.5 Å². The molecule has 3 heteroatoms. The molecule has 0 aliphatic rings. The lowest BCUT2D eigenvalue weighted by atomic mass is 10.1. The fourth-order valence-electron chi connectivity index (χ4n) is 1.47. The number of ether oxygens (including phenoxy) is 1. The van der Waals surface area contributed by atoms with Gasteiger partial charge in [-0.15, -0.1) is 0 Å². The molecule has 1 unspecified atom stereocenters. The van der Waals surface area contributed by atoms with Crippen molar-refractivity contribution in [1.82, 2.24) is 4.98 Å². The molecule has 84 valence electrons. The van der Waals surface area contributed by atoms with Crippen LogP contribution in [0.15, 0.2) is 18.3 Å². The highest BCUT2D eigenvalue weighted by atomic mass is 16.5. The van der Waals surface area contributed by atoms with Crippen LogP contribution in [-0.2, 0) is 6.54 Å². The topological polar surface area (TPSA) is 48.1 Å². The fraction of sp³-hybridized carbons (Fsp3) is 0.583. The predicted molar refractivity (Wildman–Crippen MR) is 61.7 cm³/mol. The van der Waals surface area contributed by atoms with E-state index in [1.54, 1.807) is 6.20 Å². The van der Waals surface area contributed by atoms with Gasteiger partial charge in [-0.05, 0) is 18.4 Å². The average molecular weight is 208 g/mol. The van der Waals surface area contributed by atoms with Crippen molar-refractivity contribution in [2.75, 3.05) is 6.61 Å². The van der Waals surface area contributed by atoms with Crippen molar-refractivity contribution in [1.29, 1.82) is 0 Å². The van der Waals surface area contributed by atoms with Crippen molar-refractivity contribution in [2.45, 2.75) is 33.2 Å². The summed E-state index contributed by atoms with van der Waals surface area (Å²) >= 11 is 0. The second-order valence-electron chi connectivity index (χ2n) is 3.89. The maximum absolute atomic E-state index is 5.67. The molecule has 15 heavy (non-hydrogen) atoms. The number of hydrogen-bond acceptors (Lipinski definition) is 3. The molecule has 0 saturated heterocycles. The van der Waals surface area contributed by atoms with Crippen LogP contribution in [0.4, 0.5) is 0 Å². The number of aromatic nitrogens is 1. The largest absolute Gasteiger partial charge is 0.493 e. The van der Waals surface area contributed by atoms with Crippen molar-refractivity contribution in [2.24, 2.45) is 11.7 Å². The van der Waals surface area contributed by atoms with Gasteiger partial charge in [-0.2, -0.15) is 0 Å². The molecule has 0 aliphatic carbocycles. The average Bonchev–Trinajstić information content (AvgIpc) is 2.27. The molecular weight excluding hydrogens is 188 g/mol. The van der Waals surface area contributed by atoms with E-state index in [0.29, 0.717) is 12.5 Å². The van der Waals surface area contributed by atoms with Gasteiger partial charge < -0.3 is 10.5 Å². The van der Waals surface area contributed by atoms with E-state index in [0.717, 1.165) is 18.1 Å². The molecule has 1 heterocycles. The highest BCUT2D eigenvalue weighted by Crippen LogP contribution is 2.13.